The first kappa shape index (κ1) is 9.10. The van der Waals surface area contributed by atoms with Crippen molar-refractivity contribution in [3.05, 3.63) is 47.5 Å². The molecule has 1 rings (SSSR count). The Morgan fingerprint density at radius 3 is 2.46 bits per heavy atom. The molecule has 0 amide bonds. The van der Waals surface area contributed by atoms with Crippen molar-refractivity contribution in [3.63, 3.8) is 0 Å². The Labute approximate surface area is 78.3 Å². The Kier molecular flexibility index (Phi) is 3.36. The highest BCUT2D eigenvalue weighted by Gasteiger charge is 1.83. The molecule has 1 nitrogen and oxygen atoms in total. The van der Waals surface area contributed by atoms with E-state index in [1.54, 1.807) is 6.08 Å². The van der Waals surface area contributed by atoms with Crippen LogP contribution in [0.5, 0.6) is 0 Å². The molecule has 0 saturated carbocycles. The Morgan fingerprint density at radius 2 is 1.85 bits per heavy atom. The number of nitrogens with zero attached hydrogens (tertiary/aromatic N) is 1. The van der Waals surface area contributed by atoms with Crippen LogP contribution in [0.4, 0.5) is 0 Å². The summed E-state index contributed by atoms with van der Waals surface area (Å²) in [6, 6.07) is 9.83. The molecule has 13 heavy (non-hydrogen) atoms. The largest absolute Gasteiger partial charge is 0.193 e. The average Bonchev–Trinajstić information content (AvgIpc) is 2.15. The minimum absolute atomic E-state index is 0.966. The summed E-state index contributed by atoms with van der Waals surface area (Å²) < 4.78 is 0. The van der Waals surface area contributed by atoms with Crippen LogP contribution >= 0.6 is 0 Å². The van der Waals surface area contributed by atoms with E-state index in [0.29, 0.717) is 0 Å². The summed E-state index contributed by atoms with van der Waals surface area (Å²) in [5.74, 6) is 5.69. The molecule has 0 aliphatic rings. The van der Waals surface area contributed by atoms with Crippen LogP contribution in [-0.4, -0.2) is 0 Å². The van der Waals surface area contributed by atoms with Crippen LogP contribution in [0, 0.1) is 30.1 Å². The molecule has 0 bridgehead atoms. The van der Waals surface area contributed by atoms with Crippen LogP contribution in [0.3, 0.4) is 0 Å². The standard InChI is InChI=1S/C12H9N/c1-11-6-8-12(9-7-11)5-3-2-4-10-13/h2,4,6-9H,1H3/b4-2-. The summed E-state index contributed by atoms with van der Waals surface area (Å²) in [7, 11) is 0. The lowest BCUT2D eigenvalue weighted by Gasteiger charge is -1.90. The molecule has 1 aromatic carbocycles. The van der Waals surface area contributed by atoms with Gasteiger partial charge in [-0.05, 0) is 25.1 Å². The molecule has 0 aromatic heterocycles. The summed E-state index contributed by atoms with van der Waals surface area (Å²) in [4.78, 5) is 0. The maximum atomic E-state index is 8.20. The van der Waals surface area contributed by atoms with Gasteiger partial charge in [-0.1, -0.05) is 29.5 Å². The normalized spacial score (nSPS) is 8.92. The number of hydrogen-bond acceptors (Lipinski definition) is 1. The quantitative estimate of drug-likeness (QED) is 0.430. The van der Waals surface area contributed by atoms with E-state index in [1.165, 1.54) is 11.6 Å². The van der Waals surface area contributed by atoms with Crippen LogP contribution in [0.1, 0.15) is 11.1 Å². The lowest BCUT2D eigenvalue weighted by atomic mass is 10.1. The predicted octanol–water partition coefficient (Wildman–Crippen LogP) is 2.43. The number of rotatable bonds is 0. The molecule has 0 unspecified atom stereocenters. The fourth-order valence-electron chi connectivity index (χ4n) is 0.841. The van der Waals surface area contributed by atoms with Gasteiger partial charge in [0.1, 0.15) is 0 Å². The number of hydrogen-bond donors (Lipinski definition) is 0. The minimum atomic E-state index is 0.966. The summed E-state index contributed by atoms with van der Waals surface area (Å²) in [5, 5.41) is 8.20. The summed E-state index contributed by atoms with van der Waals surface area (Å²) in [6.07, 6.45) is 2.90. The summed E-state index contributed by atoms with van der Waals surface area (Å²) >= 11 is 0. The average molecular weight is 167 g/mol. The van der Waals surface area contributed by atoms with Crippen molar-refractivity contribution in [2.45, 2.75) is 6.92 Å². The fourth-order valence-corrected chi connectivity index (χ4v) is 0.841. The minimum Gasteiger partial charge on any atom is -0.193 e. The van der Waals surface area contributed by atoms with Crippen LogP contribution in [0.2, 0.25) is 0 Å². The van der Waals surface area contributed by atoms with Gasteiger partial charge in [-0.25, -0.2) is 0 Å². The van der Waals surface area contributed by atoms with Gasteiger partial charge in [-0.2, -0.15) is 5.26 Å². The Balaban J connectivity index is 2.74. The van der Waals surface area contributed by atoms with Crippen molar-refractivity contribution in [1.29, 1.82) is 5.26 Å². The lowest BCUT2D eigenvalue weighted by molar-refractivity contribution is 1.46. The molecule has 0 atom stereocenters. The van der Waals surface area contributed by atoms with E-state index in [1.807, 2.05) is 37.3 Å². The van der Waals surface area contributed by atoms with Crippen LogP contribution in [0.15, 0.2) is 36.4 Å². The Hall–Kier alpha value is -1.99. The van der Waals surface area contributed by atoms with Gasteiger partial charge >= 0.3 is 0 Å². The van der Waals surface area contributed by atoms with Crippen molar-refractivity contribution in [3.8, 4) is 17.9 Å². The van der Waals surface area contributed by atoms with Crippen molar-refractivity contribution in [2.24, 2.45) is 0 Å². The molecule has 0 fully saturated rings. The SMILES string of the molecule is Cc1ccc(C#C/C=C\C#N)cc1. The monoisotopic (exact) mass is 167 g/mol. The first-order chi connectivity index (χ1) is 6.33. The van der Waals surface area contributed by atoms with Crippen LogP contribution in [-0.2, 0) is 0 Å². The molecule has 0 aliphatic heterocycles. The van der Waals surface area contributed by atoms with Crippen LogP contribution in [0.25, 0.3) is 0 Å². The highest BCUT2D eigenvalue weighted by molar-refractivity contribution is 5.38. The number of benzene rings is 1. The van der Waals surface area contributed by atoms with Gasteiger partial charge in [0.2, 0.25) is 0 Å². The molecule has 0 spiro atoms. The van der Waals surface area contributed by atoms with E-state index in [9.17, 15) is 0 Å². The molecule has 0 saturated heterocycles. The number of allylic oxidation sites excluding steroid dienone is 2. The smallest absolute Gasteiger partial charge is 0.0918 e. The molecule has 0 radical (unpaired) electrons. The molecule has 0 N–H and O–H groups in total. The van der Waals surface area contributed by atoms with Gasteiger partial charge < -0.3 is 0 Å². The molecule has 1 aromatic rings. The van der Waals surface area contributed by atoms with Gasteiger partial charge in [0.25, 0.3) is 0 Å². The van der Waals surface area contributed by atoms with Crippen molar-refractivity contribution < 1.29 is 0 Å². The topological polar surface area (TPSA) is 23.8 Å². The fraction of sp³-hybridized carbons (Fsp3) is 0.0833. The van der Waals surface area contributed by atoms with Gasteiger partial charge in [0.05, 0.1) is 6.07 Å². The third-order valence-electron chi connectivity index (χ3n) is 1.51. The zero-order chi connectivity index (χ0) is 9.52. The van der Waals surface area contributed by atoms with Gasteiger partial charge in [0, 0.05) is 11.6 Å². The molecular weight excluding hydrogens is 158 g/mol. The second-order valence-corrected chi connectivity index (χ2v) is 2.60. The first-order valence-electron chi connectivity index (χ1n) is 3.96. The first-order valence-corrected chi connectivity index (χ1v) is 3.96. The number of nitriles is 1. The van der Waals surface area contributed by atoms with E-state index in [0.717, 1.165) is 5.56 Å². The molecule has 0 aliphatic carbocycles. The third kappa shape index (κ3) is 3.27. The Morgan fingerprint density at radius 1 is 1.15 bits per heavy atom. The summed E-state index contributed by atoms with van der Waals surface area (Å²) in [5.41, 5.74) is 2.19. The second kappa shape index (κ2) is 4.80. The van der Waals surface area contributed by atoms with Crippen molar-refractivity contribution >= 4 is 0 Å². The molecule has 0 heterocycles. The lowest BCUT2D eigenvalue weighted by Crippen LogP contribution is -1.73. The third-order valence-corrected chi connectivity index (χ3v) is 1.51. The van der Waals surface area contributed by atoms with Crippen LogP contribution < -0.4 is 0 Å². The summed E-state index contributed by atoms with van der Waals surface area (Å²) in [6.45, 7) is 2.03. The van der Waals surface area contributed by atoms with E-state index in [-0.39, 0.29) is 0 Å². The maximum Gasteiger partial charge on any atom is 0.0918 e. The highest BCUT2D eigenvalue weighted by atomic mass is 14.2. The maximum absolute atomic E-state index is 8.20. The molecule has 1 heteroatoms. The van der Waals surface area contributed by atoms with Gasteiger partial charge in [0.15, 0.2) is 0 Å². The Bertz CT molecular complexity index is 393. The second-order valence-electron chi connectivity index (χ2n) is 2.60. The van der Waals surface area contributed by atoms with E-state index in [2.05, 4.69) is 11.8 Å². The van der Waals surface area contributed by atoms with Crippen molar-refractivity contribution in [2.75, 3.05) is 0 Å². The zero-order valence-electron chi connectivity index (χ0n) is 7.41. The molecule has 62 valence electrons. The zero-order valence-corrected chi connectivity index (χ0v) is 7.41. The highest BCUT2D eigenvalue weighted by Crippen LogP contribution is 2.00. The number of aryl methyl sites for hydroxylation is 1. The van der Waals surface area contributed by atoms with E-state index in [4.69, 9.17) is 5.26 Å². The predicted molar refractivity (Wildman–Crippen MR) is 52.8 cm³/mol. The van der Waals surface area contributed by atoms with Gasteiger partial charge in [-0.3, -0.25) is 0 Å². The van der Waals surface area contributed by atoms with E-state index < -0.39 is 0 Å². The molecular formula is C12H9N. The van der Waals surface area contributed by atoms with Gasteiger partial charge in [-0.15, -0.1) is 0 Å². The van der Waals surface area contributed by atoms with Crippen molar-refractivity contribution in [1.82, 2.24) is 0 Å². The van der Waals surface area contributed by atoms with E-state index >= 15 is 0 Å².